The molecule has 4 rings (SSSR count). The molecule has 0 spiro atoms. The molecule has 0 aliphatic heterocycles. The lowest BCUT2D eigenvalue weighted by atomic mass is 9.71. The molecule has 1 N–H and O–H groups in total. The largest absolute Gasteiger partial charge is 0.430 e. The van der Waals surface area contributed by atoms with E-state index in [9.17, 15) is 39.9 Å². The molecule has 226 valence electrons. The van der Waals surface area contributed by atoms with Crippen molar-refractivity contribution in [1.82, 2.24) is 10.3 Å². The number of amides is 1. The van der Waals surface area contributed by atoms with E-state index in [1.807, 2.05) is 0 Å². The van der Waals surface area contributed by atoms with Gasteiger partial charge < -0.3 is 10.1 Å². The molecule has 0 bridgehead atoms. The summed E-state index contributed by atoms with van der Waals surface area (Å²) < 4.78 is 119. The molecule has 1 amide bonds. The lowest BCUT2D eigenvalue weighted by Crippen LogP contribution is -2.58. The third kappa shape index (κ3) is 6.38. The van der Waals surface area contributed by atoms with Crippen molar-refractivity contribution >= 4 is 5.91 Å². The zero-order chi connectivity index (χ0) is 31.5. The molecular weight excluding hydrogens is 584 g/mol. The number of nitrogens with zero attached hydrogens (tertiary/aromatic N) is 1. The number of ether oxygens (including phenoxy) is 1. The molecule has 0 aliphatic rings. The predicted molar refractivity (Wildman–Crippen MR) is 141 cm³/mol. The number of carbonyl (C=O) groups is 1. The van der Waals surface area contributed by atoms with Crippen molar-refractivity contribution in [3.05, 3.63) is 137 Å². The third-order valence-corrected chi connectivity index (χ3v) is 7.10. The molecule has 0 saturated heterocycles. The number of hydrogen-bond acceptors (Lipinski definition) is 3. The monoisotopic (exact) mass is 608 g/mol. The Bertz CT molecular complexity index is 1540. The molecule has 0 aliphatic carbocycles. The van der Waals surface area contributed by atoms with Gasteiger partial charge in [0.1, 0.15) is 11.6 Å². The van der Waals surface area contributed by atoms with Gasteiger partial charge in [0.2, 0.25) is 0 Å². The number of aromatic nitrogens is 1. The van der Waals surface area contributed by atoms with E-state index < -0.39 is 58.6 Å². The van der Waals surface area contributed by atoms with Crippen LogP contribution < -0.4 is 5.32 Å². The van der Waals surface area contributed by atoms with Crippen molar-refractivity contribution in [2.75, 3.05) is 13.7 Å². The molecule has 4 aromatic rings. The zero-order valence-electron chi connectivity index (χ0n) is 22.4. The van der Waals surface area contributed by atoms with Crippen LogP contribution in [0.3, 0.4) is 0 Å². The predicted octanol–water partition coefficient (Wildman–Crippen LogP) is 7.13. The van der Waals surface area contributed by atoms with E-state index in [0.29, 0.717) is 18.7 Å². The van der Waals surface area contributed by atoms with E-state index >= 15 is 0 Å². The molecule has 1 aromatic heterocycles. The number of alkyl halides is 6. The van der Waals surface area contributed by atoms with Crippen LogP contribution in [0.25, 0.3) is 0 Å². The Balaban J connectivity index is 1.94. The third-order valence-electron chi connectivity index (χ3n) is 7.10. The summed E-state index contributed by atoms with van der Waals surface area (Å²) in [6.07, 6.45) is -9.79. The minimum Gasteiger partial charge on any atom is -0.356 e. The Morgan fingerprint density at radius 2 is 1.37 bits per heavy atom. The van der Waals surface area contributed by atoms with E-state index in [-0.39, 0.29) is 23.7 Å². The fourth-order valence-electron chi connectivity index (χ4n) is 5.01. The molecule has 43 heavy (non-hydrogen) atoms. The van der Waals surface area contributed by atoms with Crippen LogP contribution in [0.4, 0.5) is 35.1 Å². The quantitative estimate of drug-likeness (QED) is 0.206. The van der Waals surface area contributed by atoms with Crippen LogP contribution in [-0.4, -0.2) is 30.7 Å². The Morgan fingerprint density at radius 1 is 0.767 bits per heavy atom. The lowest BCUT2D eigenvalue weighted by Gasteiger charge is -2.38. The molecule has 0 radical (unpaired) electrons. The van der Waals surface area contributed by atoms with Crippen molar-refractivity contribution in [3.8, 4) is 0 Å². The van der Waals surface area contributed by atoms with Crippen molar-refractivity contribution < 1.29 is 44.7 Å². The first kappa shape index (κ1) is 31.6. The molecule has 4 nitrogen and oxygen atoms in total. The van der Waals surface area contributed by atoms with E-state index in [0.717, 1.165) is 36.5 Å². The second-order valence-corrected chi connectivity index (χ2v) is 9.76. The van der Waals surface area contributed by atoms with E-state index in [2.05, 4.69) is 10.3 Å². The summed E-state index contributed by atoms with van der Waals surface area (Å²) >= 11 is 0. The minimum atomic E-state index is -5.29. The second-order valence-electron chi connectivity index (χ2n) is 9.76. The van der Waals surface area contributed by atoms with Crippen molar-refractivity contribution in [3.63, 3.8) is 0 Å². The fourth-order valence-corrected chi connectivity index (χ4v) is 5.01. The van der Waals surface area contributed by atoms with Crippen LogP contribution >= 0.6 is 0 Å². The molecule has 0 saturated carbocycles. The standard InChI is InChI=1S/C31H24F8N2O2/c1-43-29(31(37,38)39,21-10-6-3-7-11-21)27(42)41-19-28(17-20-8-4-2-5-9-20,26-13-12-24(32)18-40-26)22-14-23(30(34,35)36)16-25(33)15-22/h2-16,18H,17,19H2,1H3,(H,41,42)/t28-,29?/m1/s1. The van der Waals surface area contributed by atoms with Crippen LogP contribution in [0, 0.1) is 11.6 Å². The Morgan fingerprint density at radius 3 is 1.91 bits per heavy atom. The number of halogens is 8. The summed E-state index contributed by atoms with van der Waals surface area (Å²) in [5.41, 5.74) is -7.40. The van der Waals surface area contributed by atoms with Crippen molar-refractivity contribution in [2.24, 2.45) is 0 Å². The van der Waals surface area contributed by atoms with Gasteiger partial charge in [-0.2, -0.15) is 26.3 Å². The van der Waals surface area contributed by atoms with Crippen LogP contribution in [0.5, 0.6) is 0 Å². The topological polar surface area (TPSA) is 51.2 Å². The summed E-state index contributed by atoms with van der Waals surface area (Å²) in [6, 6.07) is 17.9. The lowest BCUT2D eigenvalue weighted by molar-refractivity contribution is -0.265. The molecule has 1 heterocycles. The zero-order valence-corrected chi connectivity index (χ0v) is 22.4. The van der Waals surface area contributed by atoms with Crippen molar-refractivity contribution in [2.45, 2.75) is 29.8 Å². The number of hydrogen-bond donors (Lipinski definition) is 1. The van der Waals surface area contributed by atoms with Gasteiger partial charge in [0.15, 0.2) is 0 Å². The molecule has 12 heteroatoms. The SMILES string of the molecule is COC(C(=O)NC[C@](Cc1ccccc1)(c1cc(F)cc(C(F)(F)F)c1)c1ccc(F)cn1)(c1ccccc1)C(F)(F)F. The highest BCUT2D eigenvalue weighted by molar-refractivity contribution is 5.88. The summed E-state index contributed by atoms with van der Waals surface area (Å²) in [6.45, 7) is -0.811. The molecule has 2 atom stereocenters. The normalized spacial score (nSPS) is 14.9. The van der Waals surface area contributed by atoms with Gasteiger partial charge in [0.05, 0.1) is 22.9 Å². The van der Waals surface area contributed by atoms with Gasteiger partial charge in [-0.15, -0.1) is 0 Å². The molecule has 0 fully saturated rings. The van der Waals surface area contributed by atoms with Gasteiger partial charge in [0, 0.05) is 19.2 Å². The van der Waals surface area contributed by atoms with Crippen LogP contribution in [0.1, 0.15) is 27.9 Å². The Kier molecular flexibility index (Phi) is 8.91. The van der Waals surface area contributed by atoms with Crippen molar-refractivity contribution in [1.29, 1.82) is 0 Å². The first-order chi connectivity index (χ1) is 20.2. The summed E-state index contributed by atoms with van der Waals surface area (Å²) in [4.78, 5) is 17.6. The number of carbonyl (C=O) groups excluding carboxylic acids is 1. The fraction of sp³-hybridized carbons (Fsp3) is 0.226. The maximum Gasteiger partial charge on any atom is 0.430 e. The smallest absolute Gasteiger partial charge is 0.356 e. The molecule has 1 unspecified atom stereocenters. The van der Waals surface area contributed by atoms with Crippen LogP contribution in [-0.2, 0) is 33.1 Å². The molecule has 3 aromatic carbocycles. The van der Waals surface area contributed by atoms with Gasteiger partial charge in [0.25, 0.3) is 11.5 Å². The van der Waals surface area contributed by atoms with Gasteiger partial charge >= 0.3 is 12.4 Å². The summed E-state index contributed by atoms with van der Waals surface area (Å²) in [5.74, 6) is -3.78. The van der Waals surface area contributed by atoms with Gasteiger partial charge in [-0.1, -0.05) is 60.7 Å². The van der Waals surface area contributed by atoms with E-state index in [1.165, 1.54) is 18.2 Å². The Labute approximate surface area is 241 Å². The summed E-state index contributed by atoms with van der Waals surface area (Å²) in [7, 11) is 0.695. The number of nitrogens with one attached hydrogen (secondary N) is 1. The van der Waals surface area contributed by atoms with Crippen LogP contribution in [0.15, 0.2) is 97.2 Å². The minimum absolute atomic E-state index is 0.133. The van der Waals surface area contributed by atoms with E-state index in [1.54, 1.807) is 30.3 Å². The van der Waals surface area contributed by atoms with Gasteiger partial charge in [-0.05, 0) is 47.9 Å². The number of benzene rings is 3. The first-order valence-corrected chi connectivity index (χ1v) is 12.7. The summed E-state index contributed by atoms with van der Waals surface area (Å²) in [5, 5.41) is 2.21. The van der Waals surface area contributed by atoms with E-state index in [4.69, 9.17) is 4.74 Å². The molecular formula is C31H24F8N2O2. The maximum atomic E-state index is 14.8. The van der Waals surface area contributed by atoms with Crippen LogP contribution in [0.2, 0.25) is 0 Å². The number of methoxy groups -OCH3 is 1. The maximum absolute atomic E-state index is 14.8. The highest BCUT2D eigenvalue weighted by atomic mass is 19.4. The van der Waals surface area contributed by atoms with Gasteiger partial charge in [-0.25, -0.2) is 8.78 Å². The number of pyridine rings is 1. The Hall–Kier alpha value is -4.32. The number of rotatable bonds is 9. The second kappa shape index (κ2) is 12.1. The highest BCUT2D eigenvalue weighted by Crippen LogP contribution is 2.43. The first-order valence-electron chi connectivity index (χ1n) is 12.7. The average Bonchev–Trinajstić information content (AvgIpc) is 2.96. The highest BCUT2D eigenvalue weighted by Gasteiger charge is 2.62. The average molecular weight is 609 g/mol. The van der Waals surface area contributed by atoms with Gasteiger partial charge in [-0.3, -0.25) is 9.78 Å².